The summed E-state index contributed by atoms with van der Waals surface area (Å²) in [6.07, 6.45) is 3.75. The topological polar surface area (TPSA) is 55.5 Å². The van der Waals surface area contributed by atoms with Crippen LogP contribution in [0.1, 0.15) is 18.6 Å². The van der Waals surface area contributed by atoms with Gasteiger partial charge in [-0.25, -0.2) is 9.80 Å². The fourth-order valence-electron chi connectivity index (χ4n) is 3.91. The van der Waals surface area contributed by atoms with Crippen LogP contribution in [0.25, 0.3) is 11.3 Å². The molecular weight excluding hydrogens is 414 g/mol. The zero-order valence-corrected chi connectivity index (χ0v) is 18.8. The molecular formula is C23H30ClN5O2. The number of furan rings is 1. The Kier molecular flexibility index (Phi) is 7.27. The number of hydrogen-bond acceptors (Lipinski definition) is 5. The van der Waals surface area contributed by atoms with E-state index in [9.17, 15) is 4.79 Å². The summed E-state index contributed by atoms with van der Waals surface area (Å²) < 4.78 is 5.82. The first-order valence-electron chi connectivity index (χ1n) is 11.0. The van der Waals surface area contributed by atoms with Crippen molar-refractivity contribution in [2.24, 2.45) is 5.10 Å². The minimum absolute atomic E-state index is 0.0275. The van der Waals surface area contributed by atoms with Gasteiger partial charge in [-0.1, -0.05) is 11.6 Å². The van der Waals surface area contributed by atoms with Crippen molar-refractivity contribution in [3.63, 3.8) is 0 Å². The lowest BCUT2D eigenvalue weighted by Gasteiger charge is -2.32. The fraction of sp³-hybridized carbons (Fsp3) is 0.478. The first-order chi connectivity index (χ1) is 15.1. The third-order valence-electron chi connectivity index (χ3n) is 5.90. The van der Waals surface area contributed by atoms with E-state index in [4.69, 9.17) is 16.0 Å². The van der Waals surface area contributed by atoms with Crippen LogP contribution in [0, 0.1) is 0 Å². The highest BCUT2D eigenvalue weighted by atomic mass is 35.5. The average Bonchev–Trinajstić information content (AvgIpc) is 3.38. The summed E-state index contributed by atoms with van der Waals surface area (Å²) in [5.74, 6) is 1.36. The van der Waals surface area contributed by atoms with Crippen molar-refractivity contribution in [3.8, 4) is 11.3 Å². The van der Waals surface area contributed by atoms with Gasteiger partial charge in [0, 0.05) is 49.9 Å². The maximum absolute atomic E-state index is 12.6. The number of carbonyl (C=O) groups excluding carboxylic acids is 1. The highest BCUT2D eigenvalue weighted by Gasteiger charge is 2.27. The van der Waals surface area contributed by atoms with Crippen LogP contribution in [0.3, 0.4) is 0 Å². The van der Waals surface area contributed by atoms with E-state index in [2.05, 4.69) is 21.9 Å². The highest BCUT2D eigenvalue weighted by molar-refractivity contribution is 6.30. The molecule has 0 radical (unpaired) electrons. The SMILES string of the molecule is CN1CCN(CCCCN2CCN(N=Cc3ccc(-c4ccc(Cl)cc4)o3)C2=O)CC1. The Bertz CT molecular complexity index is 890. The predicted octanol–water partition coefficient (Wildman–Crippen LogP) is 3.70. The van der Waals surface area contributed by atoms with Gasteiger partial charge in [0.2, 0.25) is 0 Å². The molecule has 0 unspecified atom stereocenters. The average molecular weight is 444 g/mol. The van der Waals surface area contributed by atoms with Crippen molar-refractivity contribution in [3.05, 3.63) is 47.2 Å². The third kappa shape index (κ3) is 5.87. The molecule has 1 aromatic heterocycles. The smallest absolute Gasteiger partial charge is 0.340 e. The summed E-state index contributed by atoms with van der Waals surface area (Å²) >= 11 is 5.94. The predicted molar refractivity (Wildman–Crippen MR) is 124 cm³/mol. The molecule has 31 heavy (non-hydrogen) atoms. The minimum Gasteiger partial charge on any atom is -0.455 e. The maximum atomic E-state index is 12.6. The van der Waals surface area contributed by atoms with Gasteiger partial charge in [0.1, 0.15) is 11.5 Å². The van der Waals surface area contributed by atoms with E-state index in [1.165, 1.54) is 5.01 Å². The van der Waals surface area contributed by atoms with E-state index in [1.54, 1.807) is 6.21 Å². The minimum atomic E-state index is -0.0275. The molecule has 2 aliphatic heterocycles. The van der Waals surface area contributed by atoms with Gasteiger partial charge in [0.25, 0.3) is 0 Å². The molecule has 2 aromatic rings. The lowest BCUT2D eigenvalue weighted by molar-refractivity contribution is 0.150. The van der Waals surface area contributed by atoms with Crippen LogP contribution in [-0.4, -0.2) is 91.4 Å². The zero-order chi connectivity index (χ0) is 21.6. The second-order valence-corrected chi connectivity index (χ2v) is 8.63. The normalized spacial score (nSPS) is 18.6. The van der Waals surface area contributed by atoms with E-state index in [0.717, 1.165) is 70.0 Å². The lowest BCUT2D eigenvalue weighted by Crippen LogP contribution is -2.44. The molecule has 2 saturated heterocycles. The van der Waals surface area contributed by atoms with Crippen LogP contribution in [0.4, 0.5) is 4.79 Å². The third-order valence-corrected chi connectivity index (χ3v) is 6.15. The summed E-state index contributed by atoms with van der Waals surface area (Å²) in [4.78, 5) is 19.4. The van der Waals surface area contributed by atoms with Crippen LogP contribution in [0.15, 0.2) is 45.9 Å². The molecule has 2 amide bonds. The van der Waals surface area contributed by atoms with Crippen LogP contribution in [0.2, 0.25) is 5.02 Å². The molecule has 0 atom stereocenters. The fourth-order valence-corrected chi connectivity index (χ4v) is 4.04. The van der Waals surface area contributed by atoms with E-state index in [0.29, 0.717) is 17.3 Å². The Balaban J connectivity index is 1.21. The van der Waals surface area contributed by atoms with E-state index < -0.39 is 0 Å². The number of halogens is 1. The second-order valence-electron chi connectivity index (χ2n) is 8.20. The standard InChI is InChI=1S/C23H30ClN5O2/c1-26-12-14-27(15-13-26)10-2-3-11-28-16-17-29(23(28)30)25-18-21-8-9-22(31-21)19-4-6-20(24)7-5-19/h4-9,18H,2-3,10-17H2,1H3. The highest BCUT2D eigenvalue weighted by Crippen LogP contribution is 2.23. The molecule has 0 saturated carbocycles. The van der Waals surface area contributed by atoms with Crippen molar-refractivity contribution in [1.29, 1.82) is 0 Å². The largest absolute Gasteiger partial charge is 0.455 e. The number of hydrazone groups is 1. The van der Waals surface area contributed by atoms with Gasteiger partial charge >= 0.3 is 6.03 Å². The number of piperazine rings is 1. The summed E-state index contributed by atoms with van der Waals surface area (Å²) in [5, 5.41) is 6.55. The van der Waals surface area contributed by atoms with Crippen LogP contribution >= 0.6 is 11.6 Å². The molecule has 3 heterocycles. The van der Waals surface area contributed by atoms with Crippen molar-refractivity contribution >= 4 is 23.8 Å². The molecule has 2 fully saturated rings. The maximum Gasteiger partial charge on any atom is 0.340 e. The van der Waals surface area contributed by atoms with E-state index in [-0.39, 0.29) is 6.03 Å². The van der Waals surface area contributed by atoms with Crippen molar-refractivity contribution in [1.82, 2.24) is 19.7 Å². The van der Waals surface area contributed by atoms with Gasteiger partial charge in [-0.05, 0) is 62.8 Å². The quantitative estimate of drug-likeness (QED) is 0.461. The summed E-state index contributed by atoms with van der Waals surface area (Å²) in [6.45, 7) is 7.83. The number of urea groups is 1. The number of rotatable bonds is 8. The number of likely N-dealkylation sites (N-methyl/N-ethyl adjacent to an activating group) is 1. The first kappa shape index (κ1) is 21.9. The molecule has 2 aliphatic rings. The van der Waals surface area contributed by atoms with Crippen molar-refractivity contribution in [2.75, 3.05) is 59.4 Å². The van der Waals surface area contributed by atoms with Gasteiger partial charge in [-0.15, -0.1) is 0 Å². The Morgan fingerprint density at radius 1 is 0.968 bits per heavy atom. The first-order valence-corrected chi connectivity index (χ1v) is 11.3. The Labute approximate surface area is 188 Å². The molecule has 8 heteroatoms. The molecule has 1 aromatic carbocycles. The van der Waals surface area contributed by atoms with Crippen LogP contribution in [-0.2, 0) is 0 Å². The second kappa shape index (κ2) is 10.3. The molecule has 166 valence electrons. The summed E-state index contributed by atoms with van der Waals surface area (Å²) in [6, 6.07) is 11.2. The molecule has 0 spiro atoms. The zero-order valence-electron chi connectivity index (χ0n) is 18.0. The molecule has 0 bridgehead atoms. The Morgan fingerprint density at radius 2 is 1.71 bits per heavy atom. The number of hydrogen-bond donors (Lipinski definition) is 0. The molecule has 0 aliphatic carbocycles. The number of amides is 2. The Hall–Kier alpha value is -2.35. The van der Waals surface area contributed by atoms with E-state index in [1.807, 2.05) is 41.3 Å². The molecule has 4 rings (SSSR count). The summed E-state index contributed by atoms with van der Waals surface area (Å²) in [7, 11) is 2.18. The van der Waals surface area contributed by atoms with Crippen LogP contribution in [0.5, 0.6) is 0 Å². The number of carbonyl (C=O) groups is 1. The Morgan fingerprint density at radius 3 is 2.48 bits per heavy atom. The number of benzene rings is 1. The molecule has 7 nitrogen and oxygen atoms in total. The number of nitrogens with zero attached hydrogens (tertiary/aromatic N) is 5. The van der Waals surface area contributed by atoms with Gasteiger partial charge in [-0.2, -0.15) is 5.10 Å². The van der Waals surface area contributed by atoms with Crippen molar-refractivity contribution < 1.29 is 9.21 Å². The lowest BCUT2D eigenvalue weighted by atomic mass is 10.2. The monoisotopic (exact) mass is 443 g/mol. The van der Waals surface area contributed by atoms with Crippen LogP contribution < -0.4 is 0 Å². The number of unbranched alkanes of at least 4 members (excludes halogenated alkanes) is 1. The summed E-state index contributed by atoms with van der Waals surface area (Å²) in [5.41, 5.74) is 0.948. The van der Waals surface area contributed by atoms with Gasteiger partial charge < -0.3 is 19.1 Å². The van der Waals surface area contributed by atoms with Gasteiger partial charge in [0.15, 0.2) is 0 Å². The van der Waals surface area contributed by atoms with Gasteiger partial charge in [0.05, 0.1) is 12.8 Å². The van der Waals surface area contributed by atoms with E-state index >= 15 is 0 Å². The van der Waals surface area contributed by atoms with Gasteiger partial charge in [-0.3, -0.25) is 0 Å². The van der Waals surface area contributed by atoms with Crippen molar-refractivity contribution in [2.45, 2.75) is 12.8 Å². The molecule has 0 N–H and O–H groups in total.